The highest BCUT2D eigenvalue weighted by molar-refractivity contribution is 6.30. The van der Waals surface area contributed by atoms with Crippen molar-refractivity contribution in [2.75, 3.05) is 6.54 Å². The van der Waals surface area contributed by atoms with Crippen molar-refractivity contribution < 1.29 is 0 Å². The number of nitrogens with one attached hydrogen (secondary N) is 2. The fraction of sp³-hybridized carbons (Fsp3) is 0.176. The van der Waals surface area contributed by atoms with Crippen LogP contribution in [-0.2, 0) is 6.42 Å². The zero-order valence-electron chi connectivity index (χ0n) is 11.0. The molecule has 2 aromatic carbocycles. The molecule has 1 aliphatic heterocycles. The van der Waals surface area contributed by atoms with Gasteiger partial charge in [0.05, 0.1) is 6.04 Å². The minimum Gasteiger partial charge on any atom is -0.357 e. The lowest BCUT2D eigenvalue weighted by Gasteiger charge is -2.25. The molecule has 2 nitrogen and oxygen atoms in total. The molecule has 1 unspecified atom stereocenters. The quantitative estimate of drug-likeness (QED) is 0.692. The second-order valence-electron chi connectivity index (χ2n) is 5.25. The summed E-state index contributed by atoms with van der Waals surface area (Å²) in [6.45, 7) is 0.992. The van der Waals surface area contributed by atoms with Gasteiger partial charge in [-0.3, -0.25) is 0 Å². The van der Waals surface area contributed by atoms with E-state index in [2.05, 4.69) is 40.6 Å². The predicted molar refractivity (Wildman–Crippen MR) is 83.3 cm³/mol. The maximum absolute atomic E-state index is 6.13. The van der Waals surface area contributed by atoms with Crippen LogP contribution in [0.2, 0.25) is 5.02 Å². The predicted octanol–water partition coefficient (Wildman–Crippen LogP) is 4.06. The summed E-state index contributed by atoms with van der Waals surface area (Å²) >= 11 is 6.13. The number of hydrogen-bond acceptors (Lipinski definition) is 1. The number of aromatic nitrogens is 1. The van der Waals surface area contributed by atoms with E-state index in [1.54, 1.807) is 0 Å². The van der Waals surface area contributed by atoms with Gasteiger partial charge in [-0.2, -0.15) is 0 Å². The molecule has 0 spiro atoms. The summed E-state index contributed by atoms with van der Waals surface area (Å²) in [5.74, 6) is 0. The lowest BCUT2D eigenvalue weighted by atomic mass is 9.94. The molecule has 0 saturated heterocycles. The highest BCUT2D eigenvalue weighted by Gasteiger charge is 2.24. The number of halogens is 1. The van der Waals surface area contributed by atoms with Gasteiger partial charge in [0, 0.05) is 28.2 Å². The maximum atomic E-state index is 6.13. The number of aromatic amines is 1. The molecule has 100 valence electrons. The third-order valence-corrected chi connectivity index (χ3v) is 4.28. The van der Waals surface area contributed by atoms with Gasteiger partial charge in [0.1, 0.15) is 0 Å². The summed E-state index contributed by atoms with van der Waals surface area (Å²) in [6.07, 6.45) is 1.07. The van der Waals surface area contributed by atoms with Crippen LogP contribution >= 0.6 is 11.6 Å². The molecule has 2 heterocycles. The van der Waals surface area contributed by atoms with Gasteiger partial charge < -0.3 is 10.3 Å². The molecule has 20 heavy (non-hydrogen) atoms. The Kier molecular flexibility index (Phi) is 2.79. The van der Waals surface area contributed by atoms with Crippen molar-refractivity contribution in [2.45, 2.75) is 12.5 Å². The van der Waals surface area contributed by atoms with Crippen LogP contribution in [-0.4, -0.2) is 11.5 Å². The van der Waals surface area contributed by atoms with Crippen LogP contribution < -0.4 is 5.32 Å². The third kappa shape index (κ3) is 1.84. The van der Waals surface area contributed by atoms with E-state index in [1.807, 2.05) is 18.2 Å². The second kappa shape index (κ2) is 4.65. The Bertz CT molecular complexity index is 776. The summed E-state index contributed by atoms with van der Waals surface area (Å²) in [5.41, 5.74) is 5.14. The molecule has 3 heteroatoms. The van der Waals surface area contributed by atoms with Gasteiger partial charge in [-0.05, 0) is 35.7 Å². The van der Waals surface area contributed by atoms with E-state index < -0.39 is 0 Å². The average Bonchev–Trinajstić information content (AvgIpc) is 2.86. The number of rotatable bonds is 1. The SMILES string of the molecule is Clc1cccc(C2NCCc3c2[nH]c2ccccc32)c1. The molecule has 3 aromatic rings. The lowest BCUT2D eigenvalue weighted by molar-refractivity contribution is 0.560. The van der Waals surface area contributed by atoms with Gasteiger partial charge in [0.2, 0.25) is 0 Å². The first-order chi connectivity index (χ1) is 9.83. The fourth-order valence-electron chi connectivity index (χ4n) is 3.15. The van der Waals surface area contributed by atoms with Gasteiger partial charge in [0.15, 0.2) is 0 Å². The lowest BCUT2D eigenvalue weighted by Crippen LogP contribution is -2.30. The van der Waals surface area contributed by atoms with E-state index in [0.29, 0.717) is 0 Å². The van der Waals surface area contributed by atoms with Crippen molar-refractivity contribution in [3.63, 3.8) is 0 Å². The summed E-state index contributed by atoms with van der Waals surface area (Å²) in [5, 5.41) is 5.72. The van der Waals surface area contributed by atoms with E-state index in [9.17, 15) is 0 Å². The van der Waals surface area contributed by atoms with Crippen LogP contribution in [0.1, 0.15) is 22.9 Å². The number of para-hydroxylation sites is 1. The summed E-state index contributed by atoms with van der Waals surface area (Å²) in [6, 6.07) is 16.8. The third-order valence-electron chi connectivity index (χ3n) is 4.04. The van der Waals surface area contributed by atoms with Crippen LogP contribution in [0.4, 0.5) is 0 Å². The molecule has 1 atom stereocenters. The second-order valence-corrected chi connectivity index (χ2v) is 5.69. The number of hydrogen-bond donors (Lipinski definition) is 2. The Labute approximate surface area is 122 Å². The van der Waals surface area contributed by atoms with Crippen LogP contribution in [0.5, 0.6) is 0 Å². The zero-order chi connectivity index (χ0) is 13.5. The topological polar surface area (TPSA) is 27.8 Å². The van der Waals surface area contributed by atoms with Gasteiger partial charge in [0.25, 0.3) is 0 Å². The molecule has 1 aliphatic rings. The summed E-state index contributed by atoms with van der Waals surface area (Å²) in [4.78, 5) is 3.58. The molecule has 0 amide bonds. The molecule has 0 bridgehead atoms. The number of fused-ring (bicyclic) bond motifs is 3. The van der Waals surface area contributed by atoms with E-state index in [0.717, 1.165) is 18.0 Å². The van der Waals surface area contributed by atoms with Crippen molar-refractivity contribution in [1.29, 1.82) is 0 Å². The first-order valence-corrected chi connectivity index (χ1v) is 7.29. The largest absolute Gasteiger partial charge is 0.357 e. The monoisotopic (exact) mass is 282 g/mol. The maximum Gasteiger partial charge on any atom is 0.0732 e. The molecule has 0 fully saturated rings. The van der Waals surface area contributed by atoms with Crippen LogP contribution in [0, 0.1) is 0 Å². The molecule has 1 aromatic heterocycles. The molecule has 2 N–H and O–H groups in total. The van der Waals surface area contributed by atoms with Crippen molar-refractivity contribution in [2.24, 2.45) is 0 Å². The summed E-state index contributed by atoms with van der Waals surface area (Å²) in [7, 11) is 0. The van der Waals surface area contributed by atoms with Crippen LogP contribution in [0.25, 0.3) is 10.9 Å². The number of benzene rings is 2. The van der Waals surface area contributed by atoms with E-state index in [-0.39, 0.29) is 6.04 Å². The molecule has 0 aliphatic carbocycles. The van der Waals surface area contributed by atoms with Crippen LogP contribution in [0.15, 0.2) is 48.5 Å². The normalized spacial score (nSPS) is 18.1. The summed E-state index contributed by atoms with van der Waals surface area (Å²) < 4.78 is 0. The van der Waals surface area contributed by atoms with Crippen molar-refractivity contribution in [3.05, 3.63) is 70.4 Å². The minimum atomic E-state index is 0.199. The standard InChI is InChI=1S/C17H15ClN2/c18-12-5-3-4-11(10-12)16-17-14(8-9-19-16)13-6-1-2-7-15(13)20-17/h1-7,10,16,19-20H,8-9H2. The minimum absolute atomic E-state index is 0.199. The Hall–Kier alpha value is -1.77. The Balaban J connectivity index is 1.90. The molecule has 0 radical (unpaired) electrons. The highest BCUT2D eigenvalue weighted by atomic mass is 35.5. The van der Waals surface area contributed by atoms with Crippen LogP contribution in [0.3, 0.4) is 0 Å². The van der Waals surface area contributed by atoms with Crippen molar-refractivity contribution in [3.8, 4) is 0 Å². The Morgan fingerprint density at radius 2 is 1.95 bits per heavy atom. The Morgan fingerprint density at radius 3 is 2.85 bits per heavy atom. The van der Waals surface area contributed by atoms with E-state index in [1.165, 1.54) is 27.7 Å². The average molecular weight is 283 g/mol. The highest BCUT2D eigenvalue weighted by Crippen LogP contribution is 2.33. The van der Waals surface area contributed by atoms with E-state index >= 15 is 0 Å². The first kappa shape index (κ1) is 12.0. The van der Waals surface area contributed by atoms with Gasteiger partial charge in [-0.15, -0.1) is 0 Å². The first-order valence-electron chi connectivity index (χ1n) is 6.91. The van der Waals surface area contributed by atoms with Gasteiger partial charge in [-0.1, -0.05) is 41.9 Å². The molecule has 0 saturated carbocycles. The fourth-order valence-corrected chi connectivity index (χ4v) is 3.35. The molecule has 4 rings (SSSR count). The zero-order valence-corrected chi connectivity index (χ0v) is 11.7. The van der Waals surface area contributed by atoms with Crippen molar-refractivity contribution >= 4 is 22.5 Å². The van der Waals surface area contributed by atoms with Gasteiger partial charge in [-0.25, -0.2) is 0 Å². The number of H-pyrrole nitrogens is 1. The van der Waals surface area contributed by atoms with Crippen molar-refractivity contribution in [1.82, 2.24) is 10.3 Å². The van der Waals surface area contributed by atoms with E-state index in [4.69, 9.17) is 11.6 Å². The smallest absolute Gasteiger partial charge is 0.0732 e. The molecular formula is C17H15ClN2. The van der Waals surface area contributed by atoms with Gasteiger partial charge >= 0.3 is 0 Å². The molecular weight excluding hydrogens is 268 g/mol. The Morgan fingerprint density at radius 1 is 1.05 bits per heavy atom.